The molecule has 0 saturated heterocycles. The molecule has 0 saturated carbocycles. The standard InChI is InChI=1S/C6H10N2.C2HF3O2.FH.Fe/c1-2-4-8-5-3-7-6-8;3-2(4,5)1(6)7;;/h3,5-6H,2,4H2,1H3;(H,6,7);1H;. The second-order valence-electron chi connectivity index (χ2n) is 2.60. The molecule has 0 atom stereocenters. The van der Waals surface area contributed by atoms with Gasteiger partial charge in [0.1, 0.15) is 0 Å². The van der Waals surface area contributed by atoms with Gasteiger partial charge in [-0.15, -0.1) is 0 Å². The van der Waals surface area contributed by atoms with Crippen LogP contribution in [0, 0.1) is 0 Å². The maximum Gasteiger partial charge on any atom is 0.490 e. The van der Waals surface area contributed by atoms with Crippen molar-refractivity contribution in [2.75, 3.05) is 0 Å². The number of halogens is 4. The zero-order valence-corrected chi connectivity index (χ0v) is 9.90. The smallest absolute Gasteiger partial charge is 0.475 e. The normalized spacial score (nSPS) is 9.18. The maximum absolute atomic E-state index is 10.6. The monoisotopic (exact) mass is 300 g/mol. The average molecular weight is 300 g/mol. The molecular formula is C8H12F4FeN2O2. The number of alkyl halides is 3. The molecule has 0 radical (unpaired) electrons. The van der Waals surface area contributed by atoms with Crippen molar-refractivity contribution in [1.82, 2.24) is 9.55 Å². The molecule has 1 heterocycles. The molecule has 0 unspecified atom stereocenters. The number of aromatic nitrogens is 2. The van der Waals surface area contributed by atoms with Crippen LogP contribution in [-0.2, 0) is 28.4 Å². The van der Waals surface area contributed by atoms with E-state index < -0.39 is 12.1 Å². The van der Waals surface area contributed by atoms with Gasteiger partial charge in [0.15, 0.2) is 0 Å². The van der Waals surface area contributed by atoms with E-state index >= 15 is 0 Å². The molecule has 1 rings (SSSR count). The number of carbonyl (C=O) groups is 1. The molecule has 0 aromatic carbocycles. The minimum Gasteiger partial charge on any atom is -0.475 e. The Bertz CT molecular complexity index is 290. The van der Waals surface area contributed by atoms with Crippen molar-refractivity contribution < 1.29 is 44.8 Å². The van der Waals surface area contributed by atoms with Gasteiger partial charge in [-0.2, -0.15) is 13.2 Å². The number of rotatable bonds is 2. The molecule has 17 heavy (non-hydrogen) atoms. The first-order valence-electron chi connectivity index (χ1n) is 4.13. The van der Waals surface area contributed by atoms with Crippen molar-refractivity contribution in [3.63, 3.8) is 0 Å². The number of imidazole rings is 1. The van der Waals surface area contributed by atoms with Crippen LogP contribution in [0.2, 0.25) is 0 Å². The first kappa shape index (κ1) is 21.2. The van der Waals surface area contributed by atoms with Crippen LogP contribution < -0.4 is 0 Å². The van der Waals surface area contributed by atoms with Gasteiger partial charge >= 0.3 is 12.1 Å². The van der Waals surface area contributed by atoms with Crippen molar-refractivity contribution in [3.05, 3.63) is 18.7 Å². The number of hydrogen-bond donors (Lipinski definition) is 1. The van der Waals surface area contributed by atoms with Crippen LogP contribution in [0.15, 0.2) is 18.7 Å². The van der Waals surface area contributed by atoms with Gasteiger partial charge in [-0.25, -0.2) is 9.78 Å². The second-order valence-corrected chi connectivity index (χ2v) is 2.60. The largest absolute Gasteiger partial charge is 0.490 e. The number of nitrogens with zero attached hydrogens (tertiary/aromatic N) is 2. The molecule has 0 spiro atoms. The van der Waals surface area contributed by atoms with Crippen LogP contribution in [0.4, 0.5) is 17.9 Å². The molecule has 0 aliphatic rings. The van der Waals surface area contributed by atoms with Crippen molar-refractivity contribution in [2.24, 2.45) is 0 Å². The van der Waals surface area contributed by atoms with E-state index in [4.69, 9.17) is 9.90 Å². The summed E-state index contributed by atoms with van der Waals surface area (Å²) >= 11 is 0. The molecule has 0 fully saturated rings. The zero-order valence-electron chi connectivity index (χ0n) is 8.79. The van der Waals surface area contributed by atoms with Gasteiger partial charge in [-0.3, -0.25) is 4.70 Å². The molecule has 0 aliphatic carbocycles. The number of carboxylic acid groups (broad SMARTS) is 1. The fourth-order valence-electron chi connectivity index (χ4n) is 0.677. The minimum absolute atomic E-state index is 0. The third kappa shape index (κ3) is 11.2. The first-order chi connectivity index (χ1) is 6.88. The van der Waals surface area contributed by atoms with Crippen LogP contribution >= 0.6 is 0 Å². The Morgan fingerprint density at radius 3 is 2.18 bits per heavy atom. The summed E-state index contributed by atoms with van der Waals surface area (Å²) in [6.07, 6.45) is 1.71. The van der Waals surface area contributed by atoms with Gasteiger partial charge in [0, 0.05) is 36.0 Å². The summed E-state index contributed by atoms with van der Waals surface area (Å²) in [5, 5.41) is 7.12. The average Bonchev–Trinajstić information content (AvgIpc) is 2.57. The third-order valence-corrected chi connectivity index (χ3v) is 1.28. The molecule has 1 N–H and O–H groups in total. The van der Waals surface area contributed by atoms with Crippen LogP contribution in [0.5, 0.6) is 0 Å². The second kappa shape index (κ2) is 10.1. The summed E-state index contributed by atoms with van der Waals surface area (Å²) in [5.41, 5.74) is 0. The molecule has 0 bridgehead atoms. The Balaban J connectivity index is -0.000000208. The third-order valence-electron chi connectivity index (χ3n) is 1.28. The van der Waals surface area contributed by atoms with E-state index in [1.54, 1.807) is 6.20 Å². The Hall–Kier alpha value is -1.08. The van der Waals surface area contributed by atoms with Gasteiger partial charge in [0.05, 0.1) is 6.33 Å². The van der Waals surface area contributed by atoms with Crippen LogP contribution in [0.1, 0.15) is 13.3 Å². The van der Waals surface area contributed by atoms with Gasteiger partial charge in [-0.05, 0) is 6.42 Å². The zero-order chi connectivity index (χ0) is 11.9. The van der Waals surface area contributed by atoms with Crippen molar-refractivity contribution in [2.45, 2.75) is 26.1 Å². The molecule has 102 valence electrons. The van der Waals surface area contributed by atoms with Crippen LogP contribution in [0.25, 0.3) is 0 Å². The van der Waals surface area contributed by atoms with E-state index in [2.05, 4.69) is 16.5 Å². The topological polar surface area (TPSA) is 55.1 Å². The van der Waals surface area contributed by atoms with E-state index in [9.17, 15) is 13.2 Å². The summed E-state index contributed by atoms with van der Waals surface area (Å²) in [5.74, 6) is -2.76. The van der Waals surface area contributed by atoms with E-state index in [0.29, 0.717) is 0 Å². The molecule has 9 heteroatoms. The Morgan fingerprint density at radius 1 is 1.47 bits per heavy atom. The number of carboxylic acids is 1. The van der Waals surface area contributed by atoms with E-state index in [-0.39, 0.29) is 21.8 Å². The minimum atomic E-state index is -5.08. The summed E-state index contributed by atoms with van der Waals surface area (Å²) in [7, 11) is 0. The van der Waals surface area contributed by atoms with E-state index in [1.165, 1.54) is 6.42 Å². The predicted molar refractivity (Wildman–Crippen MR) is 48.7 cm³/mol. The van der Waals surface area contributed by atoms with Crippen LogP contribution in [0.3, 0.4) is 0 Å². The maximum atomic E-state index is 10.6. The predicted octanol–water partition coefficient (Wildman–Crippen LogP) is 2.08. The van der Waals surface area contributed by atoms with Gasteiger partial charge in [0.2, 0.25) is 0 Å². The van der Waals surface area contributed by atoms with E-state index in [0.717, 1.165) is 6.54 Å². The van der Waals surface area contributed by atoms with Crippen molar-refractivity contribution in [1.29, 1.82) is 0 Å². The summed E-state index contributed by atoms with van der Waals surface area (Å²) in [6.45, 7) is 3.24. The first-order valence-corrected chi connectivity index (χ1v) is 4.13. The fourth-order valence-corrected chi connectivity index (χ4v) is 0.677. The molecule has 1 aromatic rings. The fraction of sp³-hybridized carbons (Fsp3) is 0.500. The molecule has 4 nitrogen and oxygen atoms in total. The van der Waals surface area contributed by atoms with Crippen LogP contribution in [-0.4, -0.2) is 26.8 Å². The van der Waals surface area contributed by atoms with Gasteiger partial charge in [-0.1, -0.05) is 6.92 Å². The summed E-state index contributed by atoms with van der Waals surface area (Å²) < 4.78 is 33.8. The van der Waals surface area contributed by atoms with Crippen molar-refractivity contribution >= 4 is 5.97 Å². The van der Waals surface area contributed by atoms with Gasteiger partial charge < -0.3 is 9.67 Å². The quantitative estimate of drug-likeness (QED) is 0.672. The number of hydrogen-bond acceptors (Lipinski definition) is 2. The number of aliphatic carboxylic acids is 1. The van der Waals surface area contributed by atoms with E-state index in [1.807, 2.05) is 12.5 Å². The van der Waals surface area contributed by atoms with Gasteiger partial charge in [0.25, 0.3) is 0 Å². The van der Waals surface area contributed by atoms with Crippen molar-refractivity contribution in [3.8, 4) is 0 Å². The SMILES string of the molecule is CCCn1ccnc1.F.O=C(O)C(F)(F)F.[Fe]. The molecule has 0 amide bonds. The number of aryl methyl sites for hydroxylation is 1. The molecule has 1 aromatic heterocycles. The summed E-state index contributed by atoms with van der Waals surface area (Å²) in [6, 6.07) is 0. The Labute approximate surface area is 106 Å². The molecule has 0 aliphatic heterocycles. The molecular weight excluding hydrogens is 288 g/mol. The summed E-state index contributed by atoms with van der Waals surface area (Å²) in [4.78, 5) is 12.8. The Morgan fingerprint density at radius 2 is 1.94 bits per heavy atom. The Kier molecular flexibility index (Phi) is 12.6.